The quantitative estimate of drug-likeness (QED) is 0.426. The largest absolute Gasteiger partial charge is 0.496 e. The Morgan fingerprint density at radius 2 is 1.90 bits per heavy atom. The van der Waals surface area contributed by atoms with Crippen LogP contribution in [0.3, 0.4) is 0 Å². The standard InChI is InChI=1S/C26H24N2O3/c1-17-7-5-8-18(15-17)19-12-13-24-21(16-19)27-25(31-24)22-10-6-14-28(22)26(29)20-9-3-4-11-23(20)30-2/h3-5,7-9,11-13,15-16,22H,6,10,14H2,1-2H3/t22-/m0/s1. The van der Waals surface area contributed by atoms with Crippen LogP contribution in [0.15, 0.2) is 71.1 Å². The maximum absolute atomic E-state index is 13.3. The van der Waals surface area contributed by atoms with E-state index in [4.69, 9.17) is 14.1 Å². The molecule has 4 aromatic rings. The van der Waals surface area contributed by atoms with Crippen molar-refractivity contribution in [3.05, 3.63) is 83.7 Å². The second kappa shape index (κ2) is 7.91. The summed E-state index contributed by atoms with van der Waals surface area (Å²) >= 11 is 0. The van der Waals surface area contributed by atoms with Crippen molar-refractivity contribution in [1.29, 1.82) is 0 Å². The number of rotatable bonds is 4. The lowest BCUT2D eigenvalue weighted by Crippen LogP contribution is -2.31. The van der Waals surface area contributed by atoms with E-state index < -0.39 is 0 Å². The number of hydrogen-bond donors (Lipinski definition) is 0. The van der Waals surface area contributed by atoms with Crippen molar-refractivity contribution in [3.8, 4) is 16.9 Å². The van der Waals surface area contributed by atoms with Gasteiger partial charge in [-0.15, -0.1) is 0 Å². The van der Waals surface area contributed by atoms with Crippen LogP contribution in [0.25, 0.3) is 22.2 Å². The number of aryl methyl sites for hydroxylation is 1. The highest BCUT2D eigenvalue weighted by atomic mass is 16.5. The first-order chi connectivity index (χ1) is 15.1. The molecule has 5 nitrogen and oxygen atoms in total. The van der Waals surface area contributed by atoms with Crippen molar-refractivity contribution >= 4 is 17.0 Å². The van der Waals surface area contributed by atoms with Crippen LogP contribution in [0.4, 0.5) is 0 Å². The van der Waals surface area contributed by atoms with Gasteiger partial charge >= 0.3 is 0 Å². The van der Waals surface area contributed by atoms with Gasteiger partial charge in [0.15, 0.2) is 5.58 Å². The van der Waals surface area contributed by atoms with Gasteiger partial charge in [0.1, 0.15) is 17.3 Å². The van der Waals surface area contributed by atoms with E-state index in [2.05, 4.69) is 43.3 Å². The zero-order valence-electron chi connectivity index (χ0n) is 17.7. The third-order valence-electron chi connectivity index (χ3n) is 5.89. The molecule has 2 heterocycles. The van der Waals surface area contributed by atoms with Crippen LogP contribution in [0.5, 0.6) is 5.75 Å². The number of carbonyl (C=O) groups excluding carboxylic acids is 1. The molecule has 5 rings (SSSR count). The Hall–Kier alpha value is -3.60. The molecule has 0 radical (unpaired) electrons. The number of methoxy groups -OCH3 is 1. The predicted octanol–water partition coefficient (Wildman–Crippen LogP) is 5.79. The van der Waals surface area contributed by atoms with Crippen molar-refractivity contribution in [2.24, 2.45) is 0 Å². The number of likely N-dealkylation sites (tertiary alicyclic amines) is 1. The molecule has 1 atom stereocenters. The molecule has 5 heteroatoms. The smallest absolute Gasteiger partial charge is 0.258 e. The Morgan fingerprint density at radius 1 is 1.06 bits per heavy atom. The second-order valence-corrected chi connectivity index (χ2v) is 7.96. The molecule has 3 aromatic carbocycles. The third kappa shape index (κ3) is 3.56. The number of ether oxygens (including phenoxy) is 1. The summed E-state index contributed by atoms with van der Waals surface area (Å²) in [5.74, 6) is 1.12. The highest BCUT2D eigenvalue weighted by molar-refractivity contribution is 5.97. The Bertz CT molecular complexity index is 1260. The second-order valence-electron chi connectivity index (χ2n) is 7.96. The third-order valence-corrected chi connectivity index (χ3v) is 5.89. The minimum atomic E-state index is -0.174. The summed E-state index contributed by atoms with van der Waals surface area (Å²) in [5.41, 5.74) is 5.59. The van der Waals surface area contributed by atoms with Gasteiger partial charge in [-0.3, -0.25) is 4.79 Å². The number of para-hydroxylation sites is 1. The van der Waals surface area contributed by atoms with Crippen LogP contribution in [0, 0.1) is 6.92 Å². The van der Waals surface area contributed by atoms with E-state index in [1.807, 2.05) is 29.2 Å². The number of hydrogen-bond acceptors (Lipinski definition) is 4. The molecule has 1 aromatic heterocycles. The van der Waals surface area contributed by atoms with Gasteiger partial charge < -0.3 is 14.1 Å². The van der Waals surface area contributed by atoms with E-state index >= 15 is 0 Å². The summed E-state index contributed by atoms with van der Waals surface area (Å²) in [4.78, 5) is 19.9. The van der Waals surface area contributed by atoms with E-state index in [0.29, 0.717) is 23.7 Å². The van der Waals surface area contributed by atoms with Gasteiger partial charge in [-0.2, -0.15) is 0 Å². The number of fused-ring (bicyclic) bond motifs is 1. The molecule has 1 saturated heterocycles. The van der Waals surface area contributed by atoms with Crippen LogP contribution in [-0.2, 0) is 0 Å². The fourth-order valence-electron chi connectivity index (χ4n) is 4.33. The van der Waals surface area contributed by atoms with Crippen LogP contribution in [0.2, 0.25) is 0 Å². The molecule has 1 aliphatic heterocycles. The minimum Gasteiger partial charge on any atom is -0.496 e. The average molecular weight is 412 g/mol. The molecule has 0 bridgehead atoms. The van der Waals surface area contributed by atoms with E-state index in [-0.39, 0.29) is 11.9 Å². The fraction of sp³-hybridized carbons (Fsp3) is 0.231. The lowest BCUT2D eigenvalue weighted by Gasteiger charge is -2.23. The molecular weight excluding hydrogens is 388 g/mol. The molecule has 1 aliphatic rings. The summed E-state index contributed by atoms with van der Waals surface area (Å²) in [6.07, 6.45) is 1.75. The lowest BCUT2D eigenvalue weighted by atomic mass is 10.0. The molecule has 0 N–H and O–H groups in total. The van der Waals surface area contributed by atoms with Crippen molar-refractivity contribution in [3.63, 3.8) is 0 Å². The first kappa shape index (κ1) is 19.4. The summed E-state index contributed by atoms with van der Waals surface area (Å²) < 4.78 is 11.5. The van der Waals surface area contributed by atoms with Crippen LogP contribution < -0.4 is 4.74 Å². The van der Waals surface area contributed by atoms with E-state index in [0.717, 1.165) is 35.1 Å². The minimum absolute atomic E-state index is 0.0531. The van der Waals surface area contributed by atoms with Crippen LogP contribution in [0.1, 0.15) is 40.7 Å². The van der Waals surface area contributed by atoms with Crippen molar-refractivity contribution in [1.82, 2.24) is 9.88 Å². The number of benzene rings is 3. The number of oxazole rings is 1. The fourth-order valence-corrected chi connectivity index (χ4v) is 4.33. The average Bonchev–Trinajstić information content (AvgIpc) is 3.45. The Balaban J connectivity index is 1.47. The monoisotopic (exact) mass is 412 g/mol. The van der Waals surface area contributed by atoms with Gasteiger partial charge in [0.25, 0.3) is 5.91 Å². The molecule has 1 amide bonds. The van der Waals surface area contributed by atoms with Crippen molar-refractivity contribution < 1.29 is 13.9 Å². The number of carbonyl (C=O) groups is 1. The summed E-state index contributed by atoms with van der Waals surface area (Å²) in [5, 5.41) is 0. The highest BCUT2D eigenvalue weighted by Crippen LogP contribution is 2.36. The highest BCUT2D eigenvalue weighted by Gasteiger charge is 2.35. The van der Waals surface area contributed by atoms with Crippen molar-refractivity contribution in [2.45, 2.75) is 25.8 Å². The normalized spacial score (nSPS) is 16.1. The first-order valence-electron chi connectivity index (χ1n) is 10.6. The van der Waals surface area contributed by atoms with Gasteiger partial charge in [-0.1, -0.05) is 48.0 Å². The van der Waals surface area contributed by atoms with Crippen molar-refractivity contribution in [2.75, 3.05) is 13.7 Å². The lowest BCUT2D eigenvalue weighted by molar-refractivity contribution is 0.0713. The van der Waals surface area contributed by atoms with Gasteiger partial charge in [0.05, 0.1) is 12.7 Å². The van der Waals surface area contributed by atoms with Gasteiger partial charge in [0.2, 0.25) is 5.89 Å². The zero-order chi connectivity index (χ0) is 21.4. The molecule has 156 valence electrons. The summed E-state index contributed by atoms with van der Waals surface area (Å²) in [7, 11) is 1.58. The van der Waals surface area contributed by atoms with Gasteiger partial charge in [0, 0.05) is 6.54 Å². The van der Waals surface area contributed by atoms with Crippen LogP contribution >= 0.6 is 0 Å². The summed E-state index contributed by atoms with van der Waals surface area (Å²) in [6, 6.07) is 21.6. The van der Waals surface area contributed by atoms with Gasteiger partial charge in [-0.05, 0) is 55.2 Å². The van der Waals surface area contributed by atoms with E-state index in [9.17, 15) is 4.79 Å². The molecule has 0 spiro atoms. The molecule has 0 aliphatic carbocycles. The maximum atomic E-state index is 13.3. The number of aromatic nitrogens is 1. The Morgan fingerprint density at radius 3 is 2.74 bits per heavy atom. The zero-order valence-corrected chi connectivity index (χ0v) is 17.7. The van der Waals surface area contributed by atoms with Crippen LogP contribution in [-0.4, -0.2) is 29.4 Å². The maximum Gasteiger partial charge on any atom is 0.258 e. The predicted molar refractivity (Wildman–Crippen MR) is 120 cm³/mol. The SMILES string of the molecule is COc1ccccc1C(=O)N1CCC[C@H]1c1nc2cc(-c3cccc(C)c3)ccc2o1. The Labute approximate surface area is 181 Å². The topological polar surface area (TPSA) is 55.6 Å². The first-order valence-corrected chi connectivity index (χ1v) is 10.6. The van der Waals surface area contributed by atoms with E-state index in [1.54, 1.807) is 13.2 Å². The van der Waals surface area contributed by atoms with Gasteiger partial charge in [-0.25, -0.2) is 4.98 Å². The summed E-state index contributed by atoms with van der Waals surface area (Å²) in [6.45, 7) is 2.76. The number of nitrogens with zero attached hydrogens (tertiary/aromatic N) is 2. The van der Waals surface area contributed by atoms with E-state index in [1.165, 1.54) is 5.56 Å². The molecule has 1 fully saturated rings. The molecule has 0 unspecified atom stereocenters. The molecule has 0 saturated carbocycles. The molecular formula is C26H24N2O3. The Kier molecular flexibility index (Phi) is 4.94. The molecule has 31 heavy (non-hydrogen) atoms. The number of amides is 1.